The lowest BCUT2D eigenvalue weighted by Gasteiger charge is -2.20. The van der Waals surface area contributed by atoms with Gasteiger partial charge in [0.25, 0.3) is 0 Å². The number of hydrogen-bond acceptors (Lipinski definition) is 4. The summed E-state index contributed by atoms with van der Waals surface area (Å²) in [6, 6.07) is 6.25. The molecular weight excluding hydrogens is 382 g/mol. The van der Waals surface area contributed by atoms with Gasteiger partial charge in [-0.25, -0.2) is 4.98 Å². The van der Waals surface area contributed by atoms with Gasteiger partial charge in [-0.15, -0.1) is 11.3 Å². The Kier molecular flexibility index (Phi) is 5.12. The molecule has 3 aliphatic rings. The molecule has 0 saturated heterocycles. The SMILES string of the molecule is O=C(CC1CCCCC1)Nc1nc(-c2ccc3c(c2)CCN3C(=O)C2CC2)cs1. The second-order valence-electron chi connectivity index (χ2n) is 8.65. The molecule has 2 heterocycles. The van der Waals surface area contributed by atoms with Crippen LogP contribution in [0.3, 0.4) is 0 Å². The third kappa shape index (κ3) is 4.08. The predicted octanol–water partition coefficient (Wildman–Crippen LogP) is 5.02. The number of nitrogens with one attached hydrogen (secondary N) is 1. The van der Waals surface area contributed by atoms with Crippen molar-refractivity contribution in [3.8, 4) is 11.3 Å². The third-order valence-corrected chi connectivity index (χ3v) is 7.17. The molecule has 0 atom stereocenters. The van der Waals surface area contributed by atoms with Gasteiger partial charge < -0.3 is 10.2 Å². The smallest absolute Gasteiger partial charge is 0.230 e. The van der Waals surface area contributed by atoms with Crippen molar-refractivity contribution >= 4 is 34.0 Å². The fraction of sp³-hybridized carbons (Fsp3) is 0.522. The molecule has 2 saturated carbocycles. The van der Waals surface area contributed by atoms with Crippen LogP contribution in [0.15, 0.2) is 23.6 Å². The van der Waals surface area contributed by atoms with E-state index in [2.05, 4.69) is 22.4 Å². The molecule has 0 bridgehead atoms. The van der Waals surface area contributed by atoms with Gasteiger partial charge in [0.05, 0.1) is 5.69 Å². The standard InChI is InChI=1S/C23H27N3O2S/c27-21(12-15-4-2-1-3-5-15)25-23-24-19(14-29-23)17-8-9-20-18(13-17)10-11-26(20)22(28)16-6-7-16/h8-9,13-16H,1-7,10-12H2,(H,24,25,27). The van der Waals surface area contributed by atoms with Crippen molar-refractivity contribution in [2.24, 2.45) is 11.8 Å². The van der Waals surface area contributed by atoms with Crippen molar-refractivity contribution in [3.05, 3.63) is 29.1 Å². The highest BCUT2D eigenvalue weighted by Crippen LogP contribution is 2.38. The lowest BCUT2D eigenvalue weighted by molar-refractivity contribution is -0.119. The van der Waals surface area contributed by atoms with Gasteiger partial charge in [0.1, 0.15) is 0 Å². The van der Waals surface area contributed by atoms with Crippen LogP contribution in [0.4, 0.5) is 10.8 Å². The minimum atomic E-state index is 0.0842. The summed E-state index contributed by atoms with van der Waals surface area (Å²) in [4.78, 5) is 31.4. The summed E-state index contributed by atoms with van der Waals surface area (Å²) in [6.45, 7) is 0.785. The first-order chi connectivity index (χ1) is 14.2. The van der Waals surface area contributed by atoms with Crippen LogP contribution in [0.5, 0.6) is 0 Å². The summed E-state index contributed by atoms with van der Waals surface area (Å²) in [5, 5.41) is 5.66. The largest absolute Gasteiger partial charge is 0.312 e. The first-order valence-electron chi connectivity index (χ1n) is 10.9. The predicted molar refractivity (Wildman–Crippen MR) is 116 cm³/mol. The first kappa shape index (κ1) is 18.8. The van der Waals surface area contributed by atoms with Crippen molar-refractivity contribution in [1.82, 2.24) is 4.98 Å². The minimum Gasteiger partial charge on any atom is -0.312 e. The van der Waals surface area contributed by atoms with E-state index in [1.54, 1.807) is 0 Å². The zero-order chi connectivity index (χ0) is 19.8. The molecule has 2 amide bonds. The highest BCUT2D eigenvalue weighted by atomic mass is 32.1. The molecule has 6 heteroatoms. The van der Waals surface area contributed by atoms with Gasteiger partial charge in [0, 0.05) is 35.5 Å². The van der Waals surface area contributed by atoms with E-state index in [9.17, 15) is 9.59 Å². The molecule has 0 spiro atoms. The van der Waals surface area contributed by atoms with Crippen LogP contribution >= 0.6 is 11.3 Å². The van der Waals surface area contributed by atoms with Crippen LogP contribution in [-0.2, 0) is 16.0 Å². The highest BCUT2D eigenvalue weighted by Gasteiger charge is 2.36. The Bertz CT molecular complexity index is 928. The lowest BCUT2D eigenvalue weighted by Crippen LogP contribution is -2.30. The molecule has 2 aliphatic carbocycles. The highest BCUT2D eigenvalue weighted by molar-refractivity contribution is 7.14. The topological polar surface area (TPSA) is 62.3 Å². The van der Waals surface area contributed by atoms with Gasteiger partial charge in [-0.2, -0.15) is 0 Å². The molecule has 1 aliphatic heterocycles. The molecule has 29 heavy (non-hydrogen) atoms. The summed E-state index contributed by atoms with van der Waals surface area (Å²) in [5.41, 5.74) is 4.21. The van der Waals surface area contributed by atoms with E-state index in [4.69, 9.17) is 0 Å². The first-order valence-corrected chi connectivity index (χ1v) is 11.8. The van der Waals surface area contributed by atoms with Crippen LogP contribution in [-0.4, -0.2) is 23.3 Å². The average Bonchev–Trinajstić information content (AvgIpc) is 3.34. The average molecular weight is 410 g/mol. The zero-order valence-corrected chi connectivity index (χ0v) is 17.5. The van der Waals surface area contributed by atoms with Crippen LogP contribution in [0.1, 0.15) is 56.9 Å². The molecule has 0 radical (unpaired) electrons. The van der Waals surface area contributed by atoms with Gasteiger partial charge >= 0.3 is 0 Å². The zero-order valence-electron chi connectivity index (χ0n) is 16.7. The lowest BCUT2D eigenvalue weighted by atomic mass is 9.87. The molecular formula is C23H27N3O2S. The Morgan fingerprint density at radius 1 is 1.14 bits per heavy atom. The summed E-state index contributed by atoms with van der Waals surface area (Å²) in [6.07, 6.45) is 9.74. The molecule has 2 aromatic rings. The van der Waals surface area contributed by atoms with Gasteiger partial charge in [-0.05, 0) is 55.7 Å². The number of hydrogen-bond donors (Lipinski definition) is 1. The molecule has 152 valence electrons. The summed E-state index contributed by atoms with van der Waals surface area (Å²) >= 11 is 1.48. The number of fused-ring (bicyclic) bond motifs is 1. The van der Waals surface area contributed by atoms with Crippen molar-refractivity contribution in [1.29, 1.82) is 0 Å². The second kappa shape index (κ2) is 7.90. The molecule has 0 unspecified atom stereocenters. The van der Waals surface area contributed by atoms with E-state index >= 15 is 0 Å². The van der Waals surface area contributed by atoms with E-state index in [1.165, 1.54) is 49.0 Å². The van der Waals surface area contributed by atoms with E-state index in [1.807, 2.05) is 16.3 Å². The second-order valence-corrected chi connectivity index (χ2v) is 9.51. The molecule has 5 nitrogen and oxygen atoms in total. The van der Waals surface area contributed by atoms with E-state index in [0.29, 0.717) is 17.5 Å². The number of benzene rings is 1. The Balaban J connectivity index is 1.24. The van der Waals surface area contributed by atoms with Gasteiger partial charge in [0.2, 0.25) is 11.8 Å². The maximum atomic E-state index is 12.4. The van der Waals surface area contributed by atoms with Crippen molar-refractivity contribution in [2.45, 2.75) is 57.8 Å². The van der Waals surface area contributed by atoms with Crippen LogP contribution < -0.4 is 10.2 Å². The molecule has 1 aromatic carbocycles. The number of anilines is 2. The maximum Gasteiger partial charge on any atom is 0.230 e. The normalized spacial score (nSPS) is 19.2. The van der Waals surface area contributed by atoms with Gasteiger partial charge in [0.15, 0.2) is 5.13 Å². The number of thiazole rings is 1. The summed E-state index contributed by atoms with van der Waals surface area (Å²) < 4.78 is 0. The van der Waals surface area contributed by atoms with Crippen LogP contribution in [0, 0.1) is 11.8 Å². The van der Waals surface area contributed by atoms with Crippen LogP contribution in [0.2, 0.25) is 0 Å². The van der Waals surface area contributed by atoms with Gasteiger partial charge in [-0.3, -0.25) is 9.59 Å². The molecule has 5 rings (SSSR count). The fourth-order valence-corrected chi connectivity index (χ4v) is 5.36. The van der Waals surface area contributed by atoms with Crippen molar-refractivity contribution < 1.29 is 9.59 Å². The van der Waals surface area contributed by atoms with Crippen LogP contribution in [0.25, 0.3) is 11.3 Å². The Morgan fingerprint density at radius 3 is 2.76 bits per heavy atom. The summed E-state index contributed by atoms with van der Waals surface area (Å²) in [5.74, 6) is 1.15. The van der Waals surface area contributed by atoms with Crippen molar-refractivity contribution in [2.75, 3.05) is 16.8 Å². The van der Waals surface area contributed by atoms with E-state index in [-0.39, 0.29) is 17.7 Å². The summed E-state index contributed by atoms with van der Waals surface area (Å²) in [7, 11) is 0. The minimum absolute atomic E-state index is 0.0842. The number of aromatic nitrogens is 1. The van der Waals surface area contributed by atoms with Gasteiger partial charge in [-0.1, -0.05) is 25.3 Å². The van der Waals surface area contributed by atoms with Crippen molar-refractivity contribution in [3.63, 3.8) is 0 Å². The number of amides is 2. The maximum absolute atomic E-state index is 12.4. The Labute approximate surface area is 175 Å². The number of carbonyl (C=O) groups is 2. The molecule has 1 aromatic heterocycles. The number of carbonyl (C=O) groups excluding carboxylic acids is 2. The molecule has 1 N–H and O–H groups in total. The monoisotopic (exact) mass is 409 g/mol. The number of rotatable bonds is 5. The van der Waals surface area contributed by atoms with E-state index in [0.717, 1.165) is 42.8 Å². The molecule has 2 fully saturated rings. The fourth-order valence-electron chi connectivity index (χ4n) is 4.63. The number of nitrogens with zero attached hydrogens (tertiary/aromatic N) is 2. The quantitative estimate of drug-likeness (QED) is 0.754. The van der Waals surface area contributed by atoms with E-state index < -0.39 is 0 Å². The Morgan fingerprint density at radius 2 is 1.97 bits per heavy atom. The third-order valence-electron chi connectivity index (χ3n) is 6.41. The Hall–Kier alpha value is -2.21.